The van der Waals surface area contributed by atoms with E-state index < -0.39 is 5.97 Å². The van der Waals surface area contributed by atoms with E-state index in [2.05, 4.69) is 4.90 Å². The fraction of sp³-hybridized carbons (Fsp3) is 0.353. The highest BCUT2D eigenvalue weighted by Crippen LogP contribution is 2.36. The first kappa shape index (κ1) is 15.0. The molecule has 1 saturated heterocycles. The van der Waals surface area contributed by atoms with Gasteiger partial charge in [0, 0.05) is 31.1 Å². The molecule has 0 saturated carbocycles. The first-order valence-corrected chi connectivity index (χ1v) is 7.83. The molecule has 0 N–H and O–H groups in total. The molecule has 0 atom stereocenters. The molecule has 1 aromatic carbocycles. The van der Waals surface area contributed by atoms with Crippen LogP contribution in [-0.4, -0.2) is 50.3 Å². The summed E-state index contributed by atoms with van der Waals surface area (Å²) in [7, 11) is 0. The van der Waals surface area contributed by atoms with Crippen LogP contribution in [0.2, 0.25) is 0 Å². The van der Waals surface area contributed by atoms with Crippen LogP contribution in [0.25, 0.3) is 11.0 Å². The van der Waals surface area contributed by atoms with E-state index in [1.807, 2.05) is 0 Å². The fourth-order valence-electron chi connectivity index (χ4n) is 2.70. The first-order valence-electron chi connectivity index (χ1n) is 7.83. The van der Waals surface area contributed by atoms with Gasteiger partial charge in [-0.05, 0) is 12.1 Å². The molecule has 1 fully saturated rings. The van der Waals surface area contributed by atoms with Crippen molar-refractivity contribution < 1.29 is 28.2 Å². The second kappa shape index (κ2) is 6.54. The van der Waals surface area contributed by atoms with Crippen molar-refractivity contribution in [1.82, 2.24) is 4.90 Å². The van der Waals surface area contributed by atoms with E-state index in [0.29, 0.717) is 30.2 Å². The number of fused-ring (bicyclic) bond motifs is 2. The van der Waals surface area contributed by atoms with Gasteiger partial charge < -0.3 is 23.4 Å². The molecular weight excluding hydrogens is 314 g/mol. The molecule has 4 rings (SSSR count). The summed E-state index contributed by atoms with van der Waals surface area (Å²) in [5, 5.41) is 0.757. The number of carbonyl (C=O) groups is 1. The van der Waals surface area contributed by atoms with Gasteiger partial charge in [-0.1, -0.05) is 0 Å². The van der Waals surface area contributed by atoms with Crippen LogP contribution in [0, 0.1) is 0 Å². The Bertz CT molecular complexity index is 730. The monoisotopic (exact) mass is 331 g/mol. The van der Waals surface area contributed by atoms with Gasteiger partial charge in [0.2, 0.25) is 5.76 Å². The zero-order valence-electron chi connectivity index (χ0n) is 13.0. The van der Waals surface area contributed by atoms with Gasteiger partial charge in [-0.15, -0.1) is 0 Å². The maximum atomic E-state index is 12.1. The highest BCUT2D eigenvalue weighted by Gasteiger charge is 2.18. The highest BCUT2D eigenvalue weighted by molar-refractivity contribution is 5.93. The molecule has 2 aromatic rings. The van der Waals surface area contributed by atoms with Crippen molar-refractivity contribution in [2.75, 3.05) is 39.5 Å². The normalized spacial score (nSPS) is 17.2. The van der Waals surface area contributed by atoms with Gasteiger partial charge >= 0.3 is 5.97 Å². The lowest BCUT2D eigenvalue weighted by Crippen LogP contribution is -2.38. The zero-order chi connectivity index (χ0) is 16.4. The third-order valence-electron chi connectivity index (χ3n) is 3.97. The summed E-state index contributed by atoms with van der Waals surface area (Å²) in [5.74, 6) is 0.823. The SMILES string of the molecule is O=C(OCCN1CCOCC1)c1cc2cc3c(cc2o1)OC=CO3. The molecule has 24 heavy (non-hydrogen) atoms. The molecule has 7 nitrogen and oxygen atoms in total. The minimum atomic E-state index is -0.475. The molecule has 2 aliphatic rings. The second-order valence-electron chi connectivity index (χ2n) is 5.55. The third kappa shape index (κ3) is 3.08. The van der Waals surface area contributed by atoms with Crippen molar-refractivity contribution in [2.24, 2.45) is 0 Å². The standard InChI is InChI=1S/C17H17NO6/c19-17(23-6-3-18-1-4-20-5-2-18)16-10-12-9-14-15(11-13(12)24-16)22-8-7-21-14/h7-11H,1-6H2. The number of ether oxygens (including phenoxy) is 4. The second-order valence-corrected chi connectivity index (χ2v) is 5.55. The van der Waals surface area contributed by atoms with E-state index in [-0.39, 0.29) is 5.76 Å². The van der Waals surface area contributed by atoms with Gasteiger partial charge in [0.25, 0.3) is 0 Å². The molecule has 0 aliphatic carbocycles. The van der Waals surface area contributed by atoms with Gasteiger partial charge in [-0.25, -0.2) is 4.79 Å². The number of esters is 1. The van der Waals surface area contributed by atoms with Crippen LogP contribution in [0.5, 0.6) is 11.5 Å². The van der Waals surface area contributed by atoms with Crippen LogP contribution in [0.15, 0.2) is 35.1 Å². The van der Waals surface area contributed by atoms with Crippen molar-refractivity contribution in [1.29, 1.82) is 0 Å². The minimum absolute atomic E-state index is 0.169. The van der Waals surface area contributed by atoms with Gasteiger partial charge in [-0.3, -0.25) is 4.90 Å². The van der Waals surface area contributed by atoms with Crippen LogP contribution in [0.1, 0.15) is 10.6 Å². The molecule has 7 heteroatoms. The van der Waals surface area contributed by atoms with Crippen LogP contribution in [-0.2, 0) is 9.47 Å². The first-order chi connectivity index (χ1) is 11.8. The van der Waals surface area contributed by atoms with Gasteiger partial charge in [-0.2, -0.15) is 0 Å². The average molecular weight is 331 g/mol. The zero-order valence-corrected chi connectivity index (χ0v) is 13.0. The molecule has 1 aromatic heterocycles. The van der Waals surface area contributed by atoms with Crippen molar-refractivity contribution >= 4 is 16.9 Å². The summed E-state index contributed by atoms with van der Waals surface area (Å²) in [6, 6.07) is 5.11. The molecule has 2 aliphatic heterocycles. The molecule has 0 bridgehead atoms. The van der Waals surface area contributed by atoms with Crippen LogP contribution in [0.3, 0.4) is 0 Å². The van der Waals surface area contributed by atoms with Crippen LogP contribution >= 0.6 is 0 Å². The predicted octanol–water partition coefficient (Wildman–Crippen LogP) is 2.16. The summed E-state index contributed by atoms with van der Waals surface area (Å²) in [4.78, 5) is 14.3. The van der Waals surface area contributed by atoms with Crippen molar-refractivity contribution in [2.45, 2.75) is 0 Å². The number of carbonyl (C=O) groups excluding carboxylic acids is 1. The van der Waals surface area contributed by atoms with E-state index in [0.717, 1.165) is 31.7 Å². The smallest absolute Gasteiger partial charge is 0.374 e. The Morgan fingerprint density at radius 3 is 2.62 bits per heavy atom. The molecule has 3 heterocycles. The Morgan fingerprint density at radius 1 is 1.08 bits per heavy atom. The molecule has 0 unspecified atom stereocenters. The summed E-state index contributed by atoms with van der Waals surface area (Å²) < 4.78 is 26.8. The minimum Gasteiger partial charge on any atom is -0.458 e. The number of rotatable bonds is 4. The Kier molecular flexibility index (Phi) is 4.10. The number of morpholine rings is 1. The van der Waals surface area contributed by atoms with Gasteiger partial charge in [0.15, 0.2) is 11.5 Å². The van der Waals surface area contributed by atoms with Crippen LogP contribution in [0.4, 0.5) is 0 Å². The third-order valence-corrected chi connectivity index (χ3v) is 3.97. The van der Waals surface area contributed by atoms with Crippen molar-refractivity contribution in [3.05, 3.63) is 36.5 Å². The summed E-state index contributed by atoms with van der Waals surface area (Å²) >= 11 is 0. The number of furan rings is 1. The highest BCUT2D eigenvalue weighted by atomic mass is 16.6. The number of hydrogen-bond acceptors (Lipinski definition) is 7. The van der Waals surface area contributed by atoms with Gasteiger partial charge in [0.05, 0.1) is 13.2 Å². The van der Waals surface area contributed by atoms with Crippen molar-refractivity contribution in [3.8, 4) is 11.5 Å². The fourth-order valence-corrected chi connectivity index (χ4v) is 2.70. The summed E-state index contributed by atoms with van der Waals surface area (Å²) in [6.45, 7) is 4.19. The number of nitrogens with zero attached hydrogens (tertiary/aromatic N) is 1. The Hall–Kier alpha value is -2.51. The van der Waals surface area contributed by atoms with E-state index in [1.165, 1.54) is 12.5 Å². The van der Waals surface area contributed by atoms with E-state index in [9.17, 15) is 4.79 Å². The average Bonchev–Trinajstić information content (AvgIpc) is 3.03. The number of benzene rings is 1. The Balaban J connectivity index is 1.40. The van der Waals surface area contributed by atoms with Gasteiger partial charge in [0.1, 0.15) is 24.7 Å². The summed E-state index contributed by atoms with van der Waals surface area (Å²) in [5.41, 5.74) is 0.549. The molecule has 0 amide bonds. The lowest BCUT2D eigenvalue weighted by atomic mass is 10.2. The summed E-state index contributed by atoms with van der Waals surface area (Å²) in [6.07, 6.45) is 2.90. The Morgan fingerprint density at radius 2 is 1.83 bits per heavy atom. The topological polar surface area (TPSA) is 70.4 Å². The van der Waals surface area contributed by atoms with E-state index >= 15 is 0 Å². The maximum Gasteiger partial charge on any atom is 0.374 e. The van der Waals surface area contributed by atoms with E-state index in [4.69, 9.17) is 23.4 Å². The van der Waals surface area contributed by atoms with Crippen molar-refractivity contribution in [3.63, 3.8) is 0 Å². The quantitative estimate of drug-likeness (QED) is 0.795. The molecule has 0 radical (unpaired) electrons. The molecule has 126 valence electrons. The largest absolute Gasteiger partial charge is 0.458 e. The molecular formula is C17H17NO6. The lowest BCUT2D eigenvalue weighted by Gasteiger charge is -2.25. The Labute approximate surface area is 138 Å². The lowest BCUT2D eigenvalue weighted by molar-refractivity contribution is 0.0183. The van der Waals surface area contributed by atoms with E-state index in [1.54, 1.807) is 18.2 Å². The van der Waals surface area contributed by atoms with Crippen LogP contribution < -0.4 is 9.47 Å². The molecule has 0 spiro atoms. The number of hydrogen-bond donors (Lipinski definition) is 0. The maximum absolute atomic E-state index is 12.1. The predicted molar refractivity (Wildman–Crippen MR) is 84.2 cm³/mol.